The normalized spacial score (nSPS) is 21.5. The Balaban J connectivity index is 2.66. The molecule has 1 heterocycles. The number of nitro benzene ring substituents is 1. The molecule has 1 aromatic carbocycles. The van der Waals surface area contributed by atoms with Crippen molar-refractivity contribution in [1.29, 1.82) is 0 Å². The Morgan fingerprint density at radius 1 is 1.25 bits per heavy atom. The molecule has 28 heavy (non-hydrogen) atoms. The molecule has 1 N–H and O–H groups in total. The Kier molecular flexibility index (Phi) is 6.50. The Labute approximate surface area is 161 Å². The summed E-state index contributed by atoms with van der Waals surface area (Å²) in [5, 5.41) is 14.6. The number of para-hydroxylation sites is 1. The average Bonchev–Trinajstić information content (AvgIpc) is 2.64. The third-order valence-electron chi connectivity index (χ3n) is 4.62. The van der Waals surface area contributed by atoms with E-state index in [0.29, 0.717) is 5.70 Å². The summed E-state index contributed by atoms with van der Waals surface area (Å²) in [6, 6.07) is 5.41. The molecule has 1 aromatic rings. The van der Waals surface area contributed by atoms with E-state index < -0.39 is 41.3 Å². The minimum Gasteiger partial charge on any atom is -0.466 e. The van der Waals surface area contributed by atoms with Gasteiger partial charge in [-0.2, -0.15) is 0 Å². The molecule has 150 valence electrons. The molecule has 3 atom stereocenters. The van der Waals surface area contributed by atoms with E-state index in [1.165, 1.54) is 32.2 Å². The molecule has 0 fully saturated rings. The van der Waals surface area contributed by atoms with Crippen LogP contribution in [0.3, 0.4) is 0 Å². The van der Waals surface area contributed by atoms with E-state index in [4.69, 9.17) is 9.47 Å². The summed E-state index contributed by atoms with van der Waals surface area (Å²) in [6.45, 7) is 4.21. The number of nitrogens with zero attached hydrogens (tertiary/aromatic N) is 1. The van der Waals surface area contributed by atoms with Gasteiger partial charge in [-0.3, -0.25) is 19.7 Å². The van der Waals surface area contributed by atoms with E-state index in [9.17, 15) is 24.5 Å². The van der Waals surface area contributed by atoms with E-state index in [-0.39, 0.29) is 22.6 Å². The number of methoxy groups -OCH3 is 1. The number of nitro groups is 1. The largest absolute Gasteiger partial charge is 0.466 e. The van der Waals surface area contributed by atoms with E-state index in [1.807, 2.05) is 0 Å². The van der Waals surface area contributed by atoms with Gasteiger partial charge in [0, 0.05) is 29.3 Å². The van der Waals surface area contributed by atoms with Crippen LogP contribution in [0.1, 0.15) is 32.3 Å². The maximum absolute atomic E-state index is 12.8. The highest BCUT2D eigenvalue weighted by Crippen LogP contribution is 2.43. The summed E-state index contributed by atoms with van der Waals surface area (Å²) < 4.78 is 9.95. The quantitative estimate of drug-likeness (QED) is 0.443. The zero-order valence-corrected chi connectivity index (χ0v) is 16.1. The minimum absolute atomic E-state index is 0.111. The van der Waals surface area contributed by atoms with E-state index in [1.54, 1.807) is 19.9 Å². The number of hydrogen-bond donors (Lipinski definition) is 1. The summed E-state index contributed by atoms with van der Waals surface area (Å²) in [4.78, 5) is 47.5. The Bertz CT molecular complexity index is 846. The lowest BCUT2D eigenvalue weighted by Crippen LogP contribution is -2.48. The number of benzene rings is 1. The van der Waals surface area contributed by atoms with E-state index in [0.717, 1.165) is 0 Å². The van der Waals surface area contributed by atoms with Gasteiger partial charge in [-0.15, -0.1) is 0 Å². The first-order valence-electron chi connectivity index (χ1n) is 8.64. The lowest BCUT2D eigenvalue weighted by atomic mass is 9.73. The highest BCUT2D eigenvalue weighted by Gasteiger charge is 2.46. The van der Waals surface area contributed by atoms with Crippen LogP contribution < -0.4 is 5.32 Å². The number of allylic oxidation sites excluding steroid dienone is 1. The van der Waals surface area contributed by atoms with Crippen LogP contribution >= 0.6 is 0 Å². The molecular formula is C19H22N2O7. The highest BCUT2D eigenvalue weighted by molar-refractivity contribution is 5.94. The topological polar surface area (TPSA) is 125 Å². The van der Waals surface area contributed by atoms with Crippen LogP contribution in [0, 0.1) is 16.0 Å². The van der Waals surface area contributed by atoms with Crippen molar-refractivity contribution in [3.8, 4) is 0 Å². The van der Waals surface area contributed by atoms with Gasteiger partial charge in [-0.1, -0.05) is 18.2 Å². The van der Waals surface area contributed by atoms with E-state index in [2.05, 4.69) is 5.32 Å². The minimum atomic E-state index is -0.974. The van der Waals surface area contributed by atoms with Crippen LogP contribution in [-0.4, -0.2) is 42.4 Å². The van der Waals surface area contributed by atoms with Crippen LogP contribution in [0.2, 0.25) is 0 Å². The molecule has 2 rings (SSSR count). The van der Waals surface area contributed by atoms with Crippen molar-refractivity contribution in [3.05, 3.63) is 51.2 Å². The summed E-state index contributed by atoms with van der Waals surface area (Å²) in [6.07, 6.45) is 0. The number of carbonyl (C=O) groups is 3. The van der Waals surface area contributed by atoms with Crippen LogP contribution in [0.25, 0.3) is 0 Å². The molecule has 0 spiro atoms. The van der Waals surface area contributed by atoms with E-state index >= 15 is 0 Å². The first kappa shape index (κ1) is 21.1. The molecule has 1 aliphatic heterocycles. The predicted octanol–water partition coefficient (Wildman–Crippen LogP) is 1.87. The van der Waals surface area contributed by atoms with Gasteiger partial charge in [0.25, 0.3) is 5.69 Å². The molecule has 0 amide bonds. The molecule has 3 unspecified atom stereocenters. The number of Topliss-reactive ketones (excluding diaryl/α,β-unsaturated/α-hetero) is 1. The smallest absolute Gasteiger partial charge is 0.336 e. The summed E-state index contributed by atoms with van der Waals surface area (Å²) >= 11 is 0. The zero-order chi connectivity index (χ0) is 21.0. The third-order valence-corrected chi connectivity index (χ3v) is 4.62. The summed E-state index contributed by atoms with van der Waals surface area (Å²) in [7, 11) is 1.19. The van der Waals surface area contributed by atoms with Gasteiger partial charge in [0.15, 0.2) is 5.78 Å². The standard InChI is InChI=1S/C19H22N2O7/c1-10(22)9-28-19(24)16-12(3)20-11(2)15(18(23)27-4)17(16)13-7-5-6-8-14(13)21(25)26/h5-8,12,16-17,20H,9H2,1-4H3. The van der Waals surface area contributed by atoms with Gasteiger partial charge >= 0.3 is 11.9 Å². The second kappa shape index (κ2) is 8.64. The monoisotopic (exact) mass is 390 g/mol. The molecule has 9 nitrogen and oxygen atoms in total. The van der Waals surface area contributed by atoms with Gasteiger partial charge < -0.3 is 14.8 Å². The van der Waals surface area contributed by atoms with Crippen molar-refractivity contribution in [2.75, 3.05) is 13.7 Å². The molecule has 0 saturated carbocycles. The second-order valence-electron chi connectivity index (χ2n) is 6.59. The van der Waals surface area contributed by atoms with Crippen LogP contribution in [0.15, 0.2) is 35.5 Å². The Morgan fingerprint density at radius 2 is 1.89 bits per heavy atom. The van der Waals surface area contributed by atoms with Crippen molar-refractivity contribution < 1.29 is 28.8 Å². The highest BCUT2D eigenvalue weighted by atomic mass is 16.6. The van der Waals surface area contributed by atoms with Crippen LogP contribution in [0.5, 0.6) is 0 Å². The van der Waals surface area contributed by atoms with Crippen molar-refractivity contribution in [2.45, 2.75) is 32.7 Å². The molecule has 0 aliphatic carbocycles. The maximum atomic E-state index is 12.8. The number of hydrogen-bond acceptors (Lipinski definition) is 8. The molecular weight excluding hydrogens is 368 g/mol. The number of rotatable bonds is 6. The molecule has 0 aromatic heterocycles. The number of carbonyl (C=O) groups excluding carboxylic acids is 3. The SMILES string of the molecule is COC(=O)C1=C(C)NC(C)C(C(=O)OCC(C)=O)C1c1ccccc1[N+](=O)[O-]. The maximum Gasteiger partial charge on any atom is 0.336 e. The molecule has 9 heteroatoms. The molecule has 0 radical (unpaired) electrons. The first-order valence-corrected chi connectivity index (χ1v) is 8.64. The zero-order valence-electron chi connectivity index (χ0n) is 16.1. The van der Waals surface area contributed by atoms with Crippen molar-refractivity contribution in [2.24, 2.45) is 5.92 Å². The van der Waals surface area contributed by atoms with Crippen molar-refractivity contribution in [3.63, 3.8) is 0 Å². The number of ketones is 1. The van der Waals surface area contributed by atoms with Gasteiger partial charge in [0.1, 0.15) is 6.61 Å². The fourth-order valence-electron chi connectivity index (χ4n) is 3.48. The fourth-order valence-corrected chi connectivity index (χ4v) is 3.48. The lowest BCUT2D eigenvalue weighted by Gasteiger charge is -2.37. The molecule has 1 aliphatic rings. The van der Waals surface area contributed by atoms with Gasteiger partial charge in [0.05, 0.1) is 23.5 Å². The average molecular weight is 390 g/mol. The van der Waals surface area contributed by atoms with Gasteiger partial charge in [-0.25, -0.2) is 4.79 Å². The number of esters is 2. The predicted molar refractivity (Wildman–Crippen MR) is 98.3 cm³/mol. The van der Waals surface area contributed by atoms with Gasteiger partial charge in [0.2, 0.25) is 0 Å². The molecule has 0 saturated heterocycles. The first-order chi connectivity index (χ1) is 13.2. The van der Waals surface area contributed by atoms with Gasteiger partial charge in [-0.05, 0) is 20.8 Å². The fraction of sp³-hybridized carbons (Fsp3) is 0.421. The van der Waals surface area contributed by atoms with Crippen LogP contribution in [0.4, 0.5) is 5.69 Å². The number of nitrogens with one attached hydrogen (secondary N) is 1. The Morgan fingerprint density at radius 3 is 2.46 bits per heavy atom. The van der Waals surface area contributed by atoms with Crippen LogP contribution in [-0.2, 0) is 23.9 Å². The lowest BCUT2D eigenvalue weighted by molar-refractivity contribution is -0.385. The van der Waals surface area contributed by atoms with Crippen molar-refractivity contribution >= 4 is 23.4 Å². The summed E-state index contributed by atoms with van der Waals surface area (Å²) in [5.74, 6) is -3.72. The Hall–Kier alpha value is -3.23. The molecule has 0 bridgehead atoms. The van der Waals surface area contributed by atoms with Crippen molar-refractivity contribution in [1.82, 2.24) is 5.32 Å². The third kappa shape index (κ3) is 4.19. The second-order valence-corrected chi connectivity index (χ2v) is 6.59. The summed E-state index contributed by atoms with van der Waals surface area (Å²) in [5.41, 5.74) is 0.545. The number of ether oxygens (including phenoxy) is 2.